The van der Waals surface area contributed by atoms with Crippen LogP contribution >= 0.6 is 0 Å². The molecular formula is H3LiMgMnO. The van der Waals surface area contributed by atoms with Crippen molar-refractivity contribution in [2.45, 2.75) is 0 Å². The molecule has 0 aliphatic carbocycles. The van der Waals surface area contributed by atoms with Crippen molar-refractivity contribution in [3.05, 3.63) is 0 Å². The quantitative estimate of drug-likeness (QED) is 0.336. The maximum atomic E-state index is 8.06. The Hall–Kier alpha value is 1.68. The van der Waals surface area contributed by atoms with Crippen molar-refractivity contribution in [2.24, 2.45) is 0 Å². The molecule has 0 aromatic carbocycles. The predicted octanol–water partition coefficient (Wildman–Crippen LogP) is -1.69. The van der Waals surface area contributed by atoms with Crippen molar-refractivity contribution in [3.63, 3.8) is 0 Å². The zero-order valence-corrected chi connectivity index (χ0v) is 1.97. The van der Waals surface area contributed by atoms with Crippen molar-refractivity contribution in [2.75, 3.05) is 0 Å². The first-order valence-corrected chi connectivity index (χ1v) is 0.636. The van der Waals surface area contributed by atoms with Crippen molar-refractivity contribution in [1.82, 2.24) is 0 Å². The zero-order chi connectivity index (χ0) is 2.00. The van der Waals surface area contributed by atoms with Gasteiger partial charge in [-0.05, 0) is 0 Å². The molecule has 0 saturated heterocycles. The summed E-state index contributed by atoms with van der Waals surface area (Å²) in [7, 11) is 0. The molecule has 0 saturated carbocycles. The summed E-state index contributed by atoms with van der Waals surface area (Å²) in [5.74, 6) is 0. The molecule has 4 heteroatoms. The van der Waals surface area contributed by atoms with E-state index in [0.29, 0.717) is 0 Å². The average molecular weight is 105 g/mol. The van der Waals surface area contributed by atoms with E-state index in [1.807, 2.05) is 0 Å². The van der Waals surface area contributed by atoms with Gasteiger partial charge in [0.2, 0.25) is 0 Å². The molecule has 0 aromatic heterocycles. The molecule has 0 bridgehead atoms. The number of hydrogen-bond donors (Lipinski definition) is 0. The number of rotatable bonds is 0. The molecule has 0 N–H and O–H groups in total. The van der Waals surface area contributed by atoms with E-state index in [4.69, 9.17) is 3.83 Å². The topological polar surface area (TPSA) is 17.1 Å². The van der Waals surface area contributed by atoms with E-state index in [9.17, 15) is 0 Å². The van der Waals surface area contributed by atoms with Crippen LogP contribution in [-0.4, -0.2) is 41.9 Å². The second-order valence-corrected chi connectivity index (χ2v) is 0. The van der Waals surface area contributed by atoms with Gasteiger partial charge in [-0.1, -0.05) is 0 Å². The normalized spacial score (nSPS) is 1.00. The molecule has 1 nitrogen and oxygen atoms in total. The maximum absolute atomic E-state index is 8.06. The average Bonchev–Trinajstić information content (AvgIpc) is 1.00. The van der Waals surface area contributed by atoms with Gasteiger partial charge in [0, 0.05) is 0 Å². The van der Waals surface area contributed by atoms with E-state index in [-0.39, 0.29) is 41.9 Å². The minimum atomic E-state index is 0. The summed E-state index contributed by atoms with van der Waals surface area (Å²) in [4.78, 5) is 0. The van der Waals surface area contributed by atoms with E-state index in [0.717, 1.165) is 0 Å². The molecule has 0 fully saturated rings. The second-order valence-electron chi connectivity index (χ2n) is 0. The molecular weight excluding hydrogens is 102 g/mol. The second kappa shape index (κ2) is 22.4. The standard InChI is InChI=1S/Li.Mg.Mn.O.3H. The molecule has 0 amide bonds. The Morgan fingerprint density at radius 2 is 1.25 bits per heavy atom. The SMILES string of the molecule is [LiH].[MgH2].[O]=[Mn]. The summed E-state index contributed by atoms with van der Waals surface area (Å²) < 4.78 is 8.06. The molecule has 0 unspecified atom stereocenters. The van der Waals surface area contributed by atoms with Gasteiger partial charge in [-0.15, -0.1) is 0 Å². The van der Waals surface area contributed by atoms with E-state index in [1.54, 1.807) is 15.9 Å². The predicted molar refractivity (Wildman–Crippen MR) is 16.4 cm³/mol. The molecule has 0 aliphatic heterocycles. The van der Waals surface area contributed by atoms with Crippen LogP contribution in [0.1, 0.15) is 0 Å². The Morgan fingerprint density at radius 3 is 1.25 bits per heavy atom. The zero-order valence-electron chi connectivity index (χ0n) is 0.786. The third-order valence-electron chi connectivity index (χ3n) is 0. The van der Waals surface area contributed by atoms with Crippen LogP contribution in [0.2, 0.25) is 0 Å². The first kappa shape index (κ1) is 17.3. The van der Waals surface area contributed by atoms with Crippen LogP contribution in [0.25, 0.3) is 0 Å². The van der Waals surface area contributed by atoms with Crippen LogP contribution in [0.5, 0.6) is 0 Å². The van der Waals surface area contributed by atoms with Crippen LogP contribution in [0.3, 0.4) is 0 Å². The molecule has 0 spiro atoms. The fraction of sp³-hybridized carbons (Fsp3) is 0. The Labute approximate surface area is 61.2 Å². The first-order chi connectivity index (χ1) is 1.00. The van der Waals surface area contributed by atoms with E-state index in [1.165, 1.54) is 0 Å². The van der Waals surface area contributed by atoms with Crippen LogP contribution < -0.4 is 0 Å². The van der Waals surface area contributed by atoms with Crippen molar-refractivity contribution in [3.8, 4) is 0 Å². The summed E-state index contributed by atoms with van der Waals surface area (Å²) in [6.07, 6.45) is 0. The van der Waals surface area contributed by atoms with Crippen LogP contribution in [0.15, 0.2) is 0 Å². The molecule has 0 rings (SSSR count). The third kappa shape index (κ3) is 9.36. The third-order valence-corrected chi connectivity index (χ3v) is 0. The molecule has 0 aliphatic rings. The van der Waals surface area contributed by atoms with E-state index < -0.39 is 0 Å². The van der Waals surface area contributed by atoms with Crippen molar-refractivity contribution in [1.29, 1.82) is 0 Å². The Bertz CT molecular complexity index is 8.00. The van der Waals surface area contributed by atoms with E-state index >= 15 is 0 Å². The van der Waals surface area contributed by atoms with Gasteiger partial charge in [0.1, 0.15) is 0 Å². The Balaban J connectivity index is -0.00000000500. The van der Waals surface area contributed by atoms with Crippen LogP contribution in [-0.2, 0) is 19.8 Å². The molecule has 0 atom stereocenters. The van der Waals surface area contributed by atoms with Gasteiger partial charge in [0.15, 0.2) is 0 Å². The van der Waals surface area contributed by atoms with Crippen LogP contribution in [0.4, 0.5) is 0 Å². The summed E-state index contributed by atoms with van der Waals surface area (Å²) in [5, 5.41) is 0. The van der Waals surface area contributed by atoms with Crippen molar-refractivity contribution < 1.29 is 19.8 Å². The minimum absolute atomic E-state index is 0. The Morgan fingerprint density at radius 1 is 1.25 bits per heavy atom. The van der Waals surface area contributed by atoms with Gasteiger partial charge < -0.3 is 0 Å². The molecule has 19 valence electrons. The summed E-state index contributed by atoms with van der Waals surface area (Å²) in [5.41, 5.74) is 0. The Kier molecular flexibility index (Phi) is 97.1. The number of hydrogen-bond acceptors (Lipinski definition) is 1. The summed E-state index contributed by atoms with van der Waals surface area (Å²) >= 11 is 1.69. The van der Waals surface area contributed by atoms with Gasteiger partial charge in [-0.25, -0.2) is 0 Å². The fourth-order valence-corrected chi connectivity index (χ4v) is 0. The summed E-state index contributed by atoms with van der Waals surface area (Å²) in [6, 6.07) is 0. The first-order valence-electron chi connectivity index (χ1n) is 0.154. The van der Waals surface area contributed by atoms with Gasteiger partial charge >= 0.3 is 61.7 Å². The van der Waals surface area contributed by atoms with Crippen molar-refractivity contribution >= 4 is 41.9 Å². The molecule has 0 heterocycles. The fourth-order valence-electron chi connectivity index (χ4n) is 0. The van der Waals surface area contributed by atoms with Crippen LogP contribution in [0, 0.1) is 0 Å². The van der Waals surface area contributed by atoms with Gasteiger partial charge in [0.05, 0.1) is 0 Å². The molecule has 4 heavy (non-hydrogen) atoms. The molecule has 0 aromatic rings. The monoisotopic (exact) mass is 105 g/mol. The van der Waals surface area contributed by atoms with Gasteiger partial charge in [-0.2, -0.15) is 0 Å². The van der Waals surface area contributed by atoms with Gasteiger partial charge in [0.25, 0.3) is 0 Å². The summed E-state index contributed by atoms with van der Waals surface area (Å²) in [6.45, 7) is 0. The molecule has 0 radical (unpaired) electrons. The van der Waals surface area contributed by atoms with E-state index in [2.05, 4.69) is 0 Å². The van der Waals surface area contributed by atoms with Gasteiger partial charge in [-0.3, -0.25) is 0 Å².